The number of hydrogen-bond acceptors (Lipinski definition) is 7. The molecule has 5 heterocycles. The van der Waals surface area contributed by atoms with E-state index < -0.39 is 24.1 Å². The zero-order chi connectivity index (χ0) is 23.0. The summed E-state index contributed by atoms with van der Waals surface area (Å²) < 4.78 is 58.3. The van der Waals surface area contributed by atoms with Crippen LogP contribution in [0.5, 0.6) is 6.01 Å². The van der Waals surface area contributed by atoms with Gasteiger partial charge in [-0.1, -0.05) is 11.6 Å². The number of anilines is 1. The van der Waals surface area contributed by atoms with E-state index >= 15 is 0 Å². The maximum Gasteiger partial charge on any atom is 0.319 e. The molecule has 3 saturated heterocycles. The zero-order valence-electron chi connectivity index (χ0n) is 18.9. The van der Waals surface area contributed by atoms with Gasteiger partial charge in [0.2, 0.25) is 0 Å². The minimum absolute atomic E-state index is 0.0394. The number of fused-ring (bicyclic) bond motifs is 3. The summed E-state index contributed by atoms with van der Waals surface area (Å²) in [5.74, 6) is -0.394. The third-order valence-electron chi connectivity index (χ3n) is 6.78. The lowest BCUT2D eigenvalue weighted by Gasteiger charge is -2.31. The molecule has 0 bridgehead atoms. The average molecular weight is 454 g/mol. The van der Waals surface area contributed by atoms with E-state index in [1.807, 2.05) is 9.80 Å². The first-order valence-electron chi connectivity index (χ1n) is 11.8. The van der Waals surface area contributed by atoms with Gasteiger partial charge in [-0.15, -0.1) is 0 Å². The van der Waals surface area contributed by atoms with E-state index in [0.29, 0.717) is 37.3 Å². The fraction of sp³-hybridized carbons (Fsp3) is 0.667. The minimum Gasteiger partial charge on any atom is -0.461 e. The van der Waals surface area contributed by atoms with Gasteiger partial charge in [-0.05, 0) is 32.2 Å². The van der Waals surface area contributed by atoms with Crippen molar-refractivity contribution in [2.75, 3.05) is 37.7 Å². The quantitative estimate of drug-likeness (QED) is 0.659. The molecular formula is C21H24ClF2N5O2. The summed E-state index contributed by atoms with van der Waals surface area (Å²) in [5.41, 5.74) is -1.18. The smallest absolute Gasteiger partial charge is 0.319 e. The van der Waals surface area contributed by atoms with Gasteiger partial charge in [-0.2, -0.15) is 9.97 Å². The molecule has 4 fully saturated rings. The van der Waals surface area contributed by atoms with Gasteiger partial charge in [0.05, 0.1) is 25.8 Å². The van der Waals surface area contributed by atoms with Crippen LogP contribution in [0, 0.1) is 5.82 Å². The lowest BCUT2D eigenvalue weighted by atomic mass is 9.95. The molecule has 1 saturated carbocycles. The van der Waals surface area contributed by atoms with E-state index in [1.54, 1.807) is 0 Å². The van der Waals surface area contributed by atoms with Crippen LogP contribution in [0.3, 0.4) is 0 Å². The summed E-state index contributed by atoms with van der Waals surface area (Å²) >= 11 is 5.92. The first kappa shape index (κ1) is 17.7. The Labute approximate surface area is 186 Å². The van der Waals surface area contributed by atoms with Crippen LogP contribution >= 0.6 is 11.6 Å². The SMILES string of the molecule is [2H]C([2H])(Oc1nc(N2CCCO[C@H]3C[C@H]32)c2cnc(Cl)c(F)c2n1)[C@@]12CCCN1C[C@H](F)C2. The first-order chi connectivity index (χ1) is 15.8. The second kappa shape index (κ2) is 7.35. The van der Waals surface area contributed by atoms with Crippen molar-refractivity contribution in [1.82, 2.24) is 19.9 Å². The van der Waals surface area contributed by atoms with Crippen molar-refractivity contribution in [2.45, 2.75) is 56.0 Å². The summed E-state index contributed by atoms with van der Waals surface area (Å²) in [4.78, 5) is 16.5. The van der Waals surface area contributed by atoms with Gasteiger partial charge in [0.15, 0.2) is 11.0 Å². The molecule has 166 valence electrons. The Morgan fingerprint density at radius 2 is 2.26 bits per heavy atom. The first-order valence-corrected chi connectivity index (χ1v) is 11.1. The van der Waals surface area contributed by atoms with Crippen molar-refractivity contribution >= 4 is 28.3 Å². The van der Waals surface area contributed by atoms with E-state index in [4.69, 9.17) is 23.8 Å². The molecule has 4 aliphatic rings. The summed E-state index contributed by atoms with van der Waals surface area (Å²) in [6, 6.07) is -0.199. The van der Waals surface area contributed by atoms with Gasteiger partial charge in [0, 0.05) is 32.3 Å². The van der Waals surface area contributed by atoms with Crippen LogP contribution in [0.4, 0.5) is 14.6 Å². The molecule has 2 aromatic heterocycles. The summed E-state index contributed by atoms with van der Waals surface area (Å²) in [7, 11) is 0. The van der Waals surface area contributed by atoms with Crippen LogP contribution in [-0.4, -0.2) is 76.5 Å². The van der Waals surface area contributed by atoms with E-state index in [0.717, 1.165) is 19.3 Å². The predicted octanol–water partition coefficient (Wildman–Crippen LogP) is 3.14. The zero-order valence-corrected chi connectivity index (χ0v) is 17.6. The van der Waals surface area contributed by atoms with Gasteiger partial charge in [-0.25, -0.2) is 13.8 Å². The topological polar surface area (TPSA) is 63.6 Å². The number of pyridine rings is 1. The third-order valence-corrected chi connectivity index (χ3v) is 7.05. The van der Waals surface area contributed by atoms with Gasteiger partial charge in [0.1, 0.15) is 24.1 Å². The molecule has 0 spiro atoms. The third kappa shape index (κ3) is 3.32. The highest BCUT2D eigenvalue weighted by atomic mass is 35.5. The Bertz CT molecular complexity index is 1110. The van der Waals surface area contributed by atoms with Crippen LogP contribution in [0.15, 0.2) is 6.20 Å². The Hall–Kier alpha value is -1.84. The summed E-state index contributed by atoms with van der Waals surface area (Å²) in [6.45, 7) is -0.204. The van der Waals surface area contributed by atoms with Crippen LogP contribution in [0.2, 0.25) is 5.15 Å². The highest BCUT2D eigenvalue weighted by Crippen LogP contribution is 2.42. The number of halogens is 3. The molecule has 2 aromatic rings. The number of ether oxygens (including phenoxy) is 2. The maximum absolute atomic E-state index is 15.0. The fourth-order valence-electron chi connectivity index (χ4n) is 5.23. The molecule has 0 amide bonds. The lowest BCUT2D eigenvalue weighted by Crippen LogP contribution is -2.43. The molecule has 0 N–H and O–H groups in total. The molecule has 6 rings (SSSR count). The van der Waals surface area contributed by atoms with Crippen molar-refractivity contribution in [3.63, 3.8) is 0 Å². The molecule has 31 heavy (non-hydrogen) atoms. The Morgan fingerprint density at radius 1 is 1.35 bits per heavy atom. The molecule has 3 aliphatic heterocycles. The number of aromatic nitrogens is 3. The van der Waals surface area contributed by atoms with Crippen molar-refractivity contribution in [3.8, 4) is 6.01 Å². The van der Waals surface area contributed by atoms with Crippen LogP contribution < -0.4 is 9.64 Å². The summed E-state index contributed by atoms with van der Waals surface area (Å²) in [6.07, 6.45) is 3.27. The van der Waals surface area contributed by atoms with E-state index in [-0.39, 0.29) is 41.8 Å². The monoisotopic (exact) mass is 453 g/mol. The molecule has 4 atom stereocenters. The molecule has 0 aromatic carbocycles. The van der Waals surface area contributed by atoms with Gasteiger partial charge in [0.25, 0.3) is 0 Å². The largest absolute Gasteiger partial charge is 0.461 e. The predicted molar refractivity (Wildman–Crippen MR) is 111 cm³/mol. The van der Waals surface area contributed by atoms with Gasteiger partial charge in [-0.3, -0.25) is 4.90 Å². The average Bonchev–Trinajstić information content (AvgIpc) is 3.34. The minimum atomic E-state index is -2.27. The Balaban J connectivity index is 1.43. The van der Waals surface area contributed by atoms with Crippen molar-refractivity contribution in [2.24, 2.45) is 0 Å². The molecule has 7 nitrogen and oxygen atoms in total. The van der Waals surface area contributed by atoms with Crippen LogP contribution in [0.1, 0.15) is 34.8 Å². The number of hydrogen-bond donors (Lipinski definition) is 0. The summed E-state index contributed by atoms with van der Waals surface area (Å²) in [5, 5.41) is 0.0453. The molecule has 0 radical (unpaired) electrons. The number of alkyl halides is 1. The Kier molecular flexibility index (Phi) is 4.19. The van der Waals surface area contributed by atoms with E-state index in [1.165, 1.54) is 6.20 Å². The van der Waals surface area contributed by atoms with Crippen molar-refractivity contribution < 1.29 is 21.0 Å². The number of rotatable bonds is 4. The molecule has 1 aliphatic carbocycles. The van der Waals surface area contributed by atoms with Gasteiger partial charge >= 0.3 is 6.01 Å². The Morgan fingerprint density at radius 3 is 3.16 bits per heavy atom. The fourth-order valence-corrected chi connectivity index (χ4v) is 5.37. The van der Waals surface area contributed by atoms with Crippen molar-refractivity contribution in [1.29, 1.82) is 0 Å². The maximum atomic E-state index is 15.0. The van der Waals surface area contributed by atoms with Crippen LogP contribution in [0.25, 0.3) is 10.9 Å². The number of nitrogens with zero attached hydrogens (tertiary/aromatic N) is 5. The van der Waals surface area contributed by atoms with Crippen LogP contribution in [-0.2, 0) is 4.74 Å². The molecular weight excluding hydrogens is 428 g/mol. The van der Waals surface area contributed by atoms with Gasteiger partial charge < -0.3 is 14.4 Å². The molecule has 0 unspecified atom stereocenters. The second-order valence-electron chi connectivity index (χ2n) is 8.80. The highest BCUT2D eigenvalue weighted by molar-refractivity contribution is 6.30. The normalized spacial score (nSPS) is 34.2. The highest BCUT2D eigenvalue weighted by Gasteiger charge is 2.49. The standard InChI is InChI=1S/C21H24ClF2N5O2/c22-18-16(24)17-13(9-25-18)19(29-5-2-6-30-15-7-14(15)29)27-20(26-17)31-11-21-3-1-4-28(21)10-12(23)8-21/h9,12,14-15H,1-8,10-11H2/t12-,14-,15+,21+/m1/s1/i11D2. The second-order valence-corrected chi connectivity index (χ2v) is 9.16. The van der Waals surface area contributed by atoms with E-state index in [9.17, 15) is 8.78 Å². The molecule has 10 heteroatoms. The van der Waals surface area contributed by atoms with E-state index in [2.05, 4.69) is 15.0 Å². The lowest BCUT2D eigenvalue weighted by molar-refractivity contribution is 0.107. The van der Waals surface area contributed by atoms with Crippen molar-refractivity contribution in [3.05, 3.63) is 17.2 Å².